The minimum atomic E-state index is -0.247. The molecule has 2 aromatic carbocycles. The van der Waals surface area contributed by atoms with Gasteiger partial charge in [0, 0.05) is 5.70 Å². The maximum atomic E-state index is 13.2. The Morgan fingerprint density at radius 2 is 1.77 bits per heavy atom. The Balaban J connectivity index is 1.81. The van der Waals surface area contributed by atoms with Crippen molar-refractivity contribution in [1.82, 2.24) is 14.8 Å². The van der Waals surface area contributed by atoms with Crippen LogP contribution in [0.15, 0.2) is 67.0 Å². The number of halogens is 1. The summed E-state index contributed by atoms with van der Waals surface area (Å²) < 4.78 is 15.0. The molecule has 0 aliphatic carbocycles. The second-order valence-corrected chi connectivity index (χ2v) is 5.10. The quantitative estimate of drug-likeness (QED) is 0.786. The van der Waals surface area contributed by atoms with Crippen LogP contribution in [0, 0.1) is 5.82 Å². The molecular formula is C17H13FN4. The summed E-state index contributed by atoms with van der Waals surface area (Å²) in [6, 6.07) is 16.4. The fourth-order valence-corrected chi connectivity index (χ4v) is 2.62. The molecule has 4 nitrogen and oxygen atoms in total. The molecular weight excluding hydrogens is 279 g/mol. The van der Waals surface area contributed by atoms with E-state index in [1.165, 1.54) is 18.5 Å². The van der Waals surface area contributed by atoms with E-state index in [0.29, 0.717) is 5.95 Å². The monoisotopic (exact) mass is 292 g/mol. The van der Waals surface area contributed by atoms with Crippen molar-refractivity contribution in [3.8, 4) is 0 Å². The van der Waals surface area contributed by atoms with Crippen LogP contribution >= 0.6 is 0 Å². The Bertz CT molecular complexity index is 821. The molecule has 5 heteroatoms. The maximum Gasteiger partial charge on any atom is 0.226 e. The first-order valence-corrected chi connectivity index (χ1v) is 7.00. The second kappa shape index (κ2) is 5.11. The number of aromatic nitrogens is 3. The molecule has 4 rings (SSSR count). The summed E-state index contributed by atoms with van der Waals surface area (Å²) in [5, 5.41) is 7.55. The highest BCUT2D eigenvalue weighted by Crippen LogP contribution is 2.31. The first-order chi connectivity index (χ1) is 10.8. The number of nitrogens with zero attached hydrogens (tertiary/aromatic N) is 3. The van der Waals surface area contributed by atoms with Gasteiger partial charge in [-0.1, -0.05) is 42.5 Å². The zero-order chi connectivity index (χ0) is 14.9. The van der Waals surface area contributed by atoms with Crippen LogP contribution in [-0.2, 0) is 0 Å². The molecule has 0 radical (unpaired) electrons. The van der Waals surface area contributed by atoms with E-state index in [9.17, 15) is 4.39 Å². The van der Waals surface area contributed by atoms with E-state index in [0.717, 1.165) is 16.8 Å². The van der Waals surface area contributed by atoms with Gasteiger partial charge in [-0.15, -0.1) is 0 Å². The van der Waals surface area contributed by atoms with Crippen LogP contribution in [0.25, 0.3) is 5.70 Å². The van der Waals surface area contributed by atoms with E-state index in [2.05, 4.69) is 21.5 Å². The Morgan fingerprint density at radius 3 is 2.55 bits per heavy atom. The molecule has 22 heavy (non-hydrogen) atoms. The van der Waals surface area contributed by atoms with Crippen molar-refractivity contribution < 1.29 is 4.39 Å². The van der Waals surface area contributed by atoms with Crippen LogP contribution in [0.2, 0.25) is 0 Å². The van der Waals surface area contributed by atoms with Gasteiger partial charge in [0.05, 0.1) is 0 Å². The Hall–Kier alpha value is -2.95. The third kappa shape index (κ3) is 2.16. The SMILES string of the molecule is Fc1ccc(C2C=C(c3ccccc3)Nc3ncnn32)cc1. The number of benzene rings is 2. The van der Waals surface area contributed by atoms with Crippen molar-refractivity contribution in [3.05, 3.63) is 83.9 Å². The molecule has 1 N–H and O–H groups in total. The standard InChI is InChI=1S/C17H13FN4/c18-14-8-6-13(7-9-14)16-10-15(12-4-2-1-3-5-12)21-17-19-11-20-22(16)17/h1-11,16H,(H,19,20,21). The Labute approximate surface area is 126 Å². The summed E-state index contributed by atoms with van der Waals surface area (Å²) >= 11 is 0. The zero-order valence-corrected chi connectivity index (χ0v) is 11.6. The van der Waals surface area contributed by atoms with Crippen molar-refractivity contribution >= 4 is 11.6 Å². The van der Waals surface area contributed by atoms with E-state index < -0.39 is 0 Å². The summed E-state index contributed by atoms with van der Waals surface area (Å²) in [6.07, 6.45) is 3.59. The van der Waals surface area contributed by atoms with Crippen LogP contribution in [0.4, 0.5) is 10.3 Å². The smallest absolute Gasteiger partial charge is 0.226 e. The third-order valence-electron chi connectivity index (χ3n) is 3.70. The summed E-state index contributed by atoms with van der Waals surface area (Å²) in [4.78, 5) is 4.25. The number of hydrogen-bond acceptors (Lipinski definition) is 3. The van der Waals surface area contributed by atoms with Crippen molar-refractivity contribution in [1.29, 1.82) is 0 Å². The maximum absolute atomic E-state index is 13.2. The molecule has 0 bridgehead atoms. The topological polar surface area (TPSA) is 42.7 Å². The van der Waals surface area contributed by atoms with E-state index in [1.54, 1.807) is 16.8 Å². The van der Waals surface area contributed by atoms with Gasteiger partial charge in [-0.3, -0.25) is 0 Å². The fraction of sp³-hybridized carbons (Fsp3) is 0.0588. The number of anilines is 1. The molecule has 0 spiro atoms. The van der Waals surface area contributed by atoms with Crippen molar-refractivity contribution in [2.24, 2.45) is 0 Å². The predicted octanol–water partition coefficient (Wildman–Crippen LogP) is 3.47. The third-order valence-corrected chi connectivity index (χ3v) is 3.70. The van der Waals surface area contributed by atoms with Crippen LogP contribution in [0.5, 0.6) is 0 Å². The van der Waals surface area contributed by atoms with E-state index in [4.69, 9.17) is 0 Å². The summed E-state index contributed by atoms with van der Waals surface area (Å²) in [5.74, 6) is 0.430. The van der Waals surface area contributed by atoms with Gasteiger partial charge in [0.1, 0.15) is 18.2 Å². The highest BCUT2D eigenvalue weighted by Gasteiger charge is 2.23. The number of rotatable bonds is 2. The van der Waals surface area contributed by atoms with Crippen molar-refractivity contribution in [2.75, 3.05) is 5.32 Å². The number of allylic oxidation sites excluding steroid dienone is 1. The lowest BCUT2D eigenvalue weighted by Crippen LogP contribution is -2.20. The molecule has 1 aliphatic rings. The number of nitrogens with one attached hydrogen (secondary N) is 1. The van der Waals surface area contributed by atoms with Gasteiger partial charge in [0.25, 0.3) is 0 Å². The number of fused-ring (bicyclic) bond motifs is 1. The highest BCUT2D eigenvalue weighted by molar-refractivity contribution is 5.76. The van der Waals surface area contributed by atoms with Crippen LogP contribution in [0.1, 0.15) is 17.2 Å². The Morgan fingerprint density at radius 1 is 1.00 bits per heavy atom. The van der Waals surface area contributed by atoms with Crippen molar-refractivity contribution in [2.45, 2.75) is 6.04 Å². The van der Waals surface area contributed by atoms with E-state index in [-0.39, 0.29) is 11.9 Å². The molecule has 0 saturated carbocycles. The van der Waals surface area contributed by atoms with Gasteiger partial charge < -0.3 is 5.32 Å². The van der Waals surface area contributed by atoms with Gasteiger partial charge in [-0.2, -0.15) is 10.1 Å². The molecule has 0 saturated heterocycles. The lowest BCUT2D eigenvalue weighted by atomic mass is 10.0. The average molecular weight is 292 g/mol. The molecule has 108 valence electrons. The molecule has 1 atom stereocenters. The lowest BCUT2D eigenvalue weighted by Gasteiger charge is -2.24. The average Bonchev–Trinajstić information content (AvgIpc) is 3.04. The largest absolute Gasteiger partial charge is 0.324 e. The highest BCUT2D eigenvalue weighted by atomic mass is 19.1. The van der Waals surface area contributed by atoms with Gasteiger partial charge in [0.15, 0.2) is 0 Å². The molecule has 1 unspecified atom stereocenters. The van der Waals surface area contributed by atoms with E-state index in [1.807, 2.05) is 30.3 Å². The zero-order valence-electron chi connectivity index (χ0n) is 11.6. The molecule has 1 aliphatic heterocycles. The van der Waals surface area contributed by atoms with Gasteiger partial charge in [-0.25, -0.2) is 9.07 Å². The Kier molecular flexibility index (Phi) is 2.96. The molecule has 3 aromatic rings. The predicted molar refractivity (Wildman–Crippen MR) is 82.6 cm³/mol. The second-order valence-electron chi connectivity index (χ2n) is 5.10. The molecule has 2 heterocycles. The lowest BCUT2D eigenvalue weighted by molar-refractivity contribution is 0.603. The summed E-state index contributed by atoms with van der Waals surface area (Å²) in [6.45, 7) is 0. The van der Waals surface area contributed by atoms with Gasteiger partial charge in [0.2, 0.25) is 5.95 Å². The van der Waals surface area contributed by atoms with Crippen LogP contribution in [0.3, 0.4) is 0 Å². The van der Waals surface area contributed by atoms with Crippen molar-refractivity contribution in [3.63, 3.8) is 0 Å². The summed E-state index contributed by atoms with van der Waals surface area (Å²) in [7, 11) is 0. The van der Waals surface area contributed by atoms with Crippen LogP contribution < -0.4 is 5.32 Å². The minimum absolute atomic E-state index is 0.116. The number of hydrogen-bond donors (Lipinski definition) is 1. The summed E-state index contributed by atoms with van der Waals surface area (Å²) in [5.41, 5.74) is 3.00. The van der Waals surface area contributed by atoms with E-state index >= 15 is 0 Å². The normalized spacial score (nSPS) is 16.6. The molecule has 1 aromatic heterocycles. The van der Waals surface area contributed by atoms with Gasteiger partial charge in [-0.05, 0) is 29.3 Å². The first kappa shape index (κ1) is 12.8. The minimum Gasteiger partial charge on any atom is -0.324 e. The first-order valence-electron chi connectivity index (χ1n) is 7.00. The fourth-order valence-electron chi connectivity index (χ4n) is 2.62. The van der Waals surface area contributed by atoms with Crippen LogP contribution in [-0.4, -0.2) is 14.8 Å². The molecule has 0 amide bonds. The molecule has 0 fully saturated rings. The van der Waals surface area contributed by atoms with Gasteiger partial charge >= 0.3 is 0 Å².